The van der Waals surface area contributed by atoms with Crippen LogP contribution in [0.1, 0.15) is 0 Å². The normalized spacial score (nSPS) is 13.3. The molecule has 0 saturated heterocycles. The third-order valence-corrected chi connectivity index (χ3v) is 3.52. The van der Waals surface area contributed by atoms with Gasteiger partial charge >= 0.3 is 0 Å². The van der Waals surface area contributed by atoms with Crippen LogP contribution in [0.3, 0.4) is 0 Å². The minimum absolute atomic E-state index is 0.459. The average molecular weight is 277 g/mol. The number of thioether (sulfide) groups is 1. The van der Waals surface area contributed by atoms with Gasteiger partial charge < -0.3 is 0 Å². The monoisotopic (exact) mass is 277 g/mol. The van der Waals surface area contributed by atoms with Gasteiger partial charge in [-0.3, -0.25) is 9.17 Å². The van der Waals surface area contributed by atoms with E-state index in [2.05, 4.69) is 4.98 Å². The van der Waals surface area contributed by atoms with E-state index in [4.69, 9.17) is 16.4 Å². The summed E-state index contributed by atoms with van der Waals surface area (Å²) in [7, 11) is -3.46. The minimum atomic E-state index is -3.46. The highest BCUT2D eigenvalue weighted by atomic mass is 32.2. The van der Waals surface area contributed by atoms with Crippen molar-refractivity contribution in [3.8, 4) is 0 Å². The van der Waals surface area contributed by atoms with Crippen molar-refractivity contribution in [2.75, 3.05) is 12.0 Å². The molecule has 7 heteroatoms. The number of pyridine rings is 1. The SMILES string of the molecule is CS(=O)(=O)OC(C=S)CSc1ccncc1. The fourth-order valence-corrected chi connectivity index (χ4v) is 2.76. The van der Waals surface area contributed by atoms with E-state index in [1.807, 2.05) is 12.1 Å². The van der Waals surface area contributed by atoms with Crippen LogP contribution < -0.4 is 0 Å². The van der Waals surface area contributed by atoms with Crippen LogP contribution in [0.25, 0.3) is 0 Å². The van der Waals surface area contributed by atoms with Crippen LogP contribution in [-0.4, -0.2) is 36.9 Å². The van der Waals surface area contributed by atoms with Crippen LogP contribution >= 0.6 is 24.0 Å². The van der Waals surface area contributed by atoms with Crippen molar-refractivity contribution in [3.63, 3.8) is 0 Å². The van der Waals surface area contributed by atoms with Gasteiger partial charge in [-0.1, -0.05) is 12.2 Å². The smallest absolute Gasteiger partial charge is 0.265 e. The predicted molar refractivity (Wildman–Crippen MR) is 68.3 cm³/mol. The topological polar surface area (TPSA) is 56.3 Å². The van der Waals surface area contributed by atoms with E-state index in [1.165, 1.54) is 17.1 Å². The lowest BCUT2D eigenvalue weighted by Crippen LogP contribution is -2.20. The zero-order chi connectivity index (χ0) is 12.0. The van der Waals surface area contributed by atoms with E-state index >= 15 is 0 Å². The average Bonchev–Trinajstić information content (AvgIpc) is 2.24. The standard InChI is InChI=1S/C9H11NO3S3/c1-16(11,12)13-8(6-14)7-15-9-2-4-10-5-3-9/h2-6,8H,7H2,1H3. The van der Waals surface area contributed by atoms with Crippen LogP contribution in [0.15, 0.2) is 29.4 Å². The first-order valence-corrected chi connectivity index (χ1v) is 7.65. The number of aromatic nitrogens is 1. The van der Waals surface area contributed by atoms with Crippen molar-refractivity contribution in [3.05, 3.63) is 24.5 Å². The molecule has 0 saturated carbocycles. The predicted octanol–water partition coefficient (Wildman–Crippen LogP) is 1.52. The summed E-state index contributed by atoms with van der Waals surface area (Å²) in [5.74, 6) is 0.459. The van der Waals surface area contributed by atoms with E-state index in [1.54, 1.807) is 12.4 Å². The molecule has 0 aromatic carbocycles. The summed E-state index contributed by atoms with van der Waals surface area (Å²) < 4.78 is 26.6. The Kier molecular flexibility index (Phi) is 5.33. The molecule has 0 N–H and O–H groups in total. The zero-order valence-corrected chi connectivity index (χ0v) is 11.0. The van der Waals surface area contributed by atoms with Gasteiger partial charge in [0.15, 0.2) is 0 Å². The Bertz CT molecular complexity index is 433. The summed E-state index contributed by atoms with van der Waals surface area (Å²) in [6.45, 7) is 0. The highest BCUT2D eigenvalue weighted by Crippen LogP contribution is 2.18. The molecule has 0 bridgehead atoms. The summed E-state index contributed by atoms with van der Waals surface area (Å²) in [6.07, 6.45) is 3.78. The van der Waals surface area contributed by atoms with E-state index in [0.717, 1.165) is 11.2 Å². The van der Waals surface area contributed by atoms with Gasteiger partial charge in [0.1, 0.15) is 6.10 Å². The molecular weight excluding hydrogens is 266 g/mol. The molecule has 1 atom stereocenters. The summed E-state index contributed by atoms with van der Waals surface area (Å²) in [5, 5.41) is 1.31. The van der Waals surface area contributed by atoms with Crippen molar-refractivity contribution >= 4 is 39.5 Å². The lowest BCUT2D eigenvalue weighted by molar-refractivity contribution is 0.304. The van der Waals surface area contributed by atoms with Crippen LogP contribution in [-0.2, 0) is 14.3 Å². The summed E-state index contributed by atoms with van der Waals surface area (Å²) >= 11 is 6.18. The second-order valence-corrected chi connectivity index (χ2v) is 5.94. The zero-order valence-electron chi connectivity index (χ0n) is 8.57. The number of thiocarbonyl (C=S) groups is 1. The van der Waals surface area contributed by atoms with Crippen molar-refractivity contribution in [2.24, 2.45) is 0 Å². The summed E-state index contributed by atoms with van der Waals surface area (Å²) in [6, 6.07) is 3.68. The van der Waals surface area contributed by atoms with Gasteiger partial charge in [-0.05, 0) is 12.1 Å². The van der Waals surface area contributed by atoms with Gasteiger partial charge in [0.05, 0.1) is 6.26 Å². The number of nitrogens with zero attached hydrogens (tertiary/aromatic N) is 1. The van der Waals surface area contributed by atoms with Crippen molar-refractivity contribution < 1.29 is 12.6 Å². The third-order valence-electron chi connectivity index (χ3n) is 1.51. The maximum Gasteiger partial charge on any atom is 0.265 e. The molecule has 0 amide bonds. The molecule has 16 heavy (non-hydrogen) atoms. The van der Waals surface area contributed by atoms with Gasteiger partial charge in [0.25, 0.3) is 10.1 Å². The molecule has 0 radical (unpaired) electrons. The Morgan fingerprint density at radius 1 is 1.56 bits per heavy atom. The van der Waals surface area contributed by atoms with Gasteiger partial charge in [-0.15, -0.1) is 11.8 Å². The minimum Gasteiger partial charge on any atom is -0.265 e. The molecule has 1 unspecified atom stereocenters. The number of hydrogen-bond donors (Lipinski definition) is 0. The van der Waals surface area contributed by atoms with Gasteiger partial charge in [0, 0.05) is 28.4 Å². The lowest BCUT2D eigenvalue weighted by atomic mass is 10.5. The molecule has 88 valence electrons. The number of rotatable bonds is 6. The molecule has 0 aliphatic carbocycles. The first-order chi connectivity index (χ1) is 7.51. The fourth-order valence-electron chi connectivity index (χ4n) is 0.927. The van der Waals surface area contributed by atoms with Crippen LogP contribution in [0.2, 0.25) is 0 Å². The largest absolute Gasteiger partial charge is 0.265 e. The molecule has 0 spiro atoms. The number of hydrogen-bond acceptors (Lipinski definition) is 6. The van der Waals surface area contributed by atoms with Crippen LogP contribution in [0, 0.1) is 0 Å². The molecule has 0 aliphatic rings. The van der Waals surface area contributed by atoms with Crippen LogP contribution in [0.5, 0.6) is 0 Å². The lowest BCUT2D eigenvalue weighted by Gasteiger charge is -2.10. The maximum atomic E-state index is 10.9. The van der Waals surface area contributed by atoms with E-state index < -0.39 is 16.2 Å². The Morgan fingerprint density at radius 2 is 2.19 bits per heavy atom. The van der Waals surface area contributed by atoms with Crippen molar-refractivity contribution in [2.45, 2.75) is 11.0 Å². The van der Waals surface area contributed by atoms with E-state index in [9.17, 15) is 8.42 Å². The van der Waals surface area contributed by atoms with Gasteiger partial charge in [-0.25, -0.2) is 0 Å². The Hall–Kier alpha value is -0.500. The van der Waals surface area contributed by atoms with Crippen LogP contribution in [0.4, 0.5) is 0 Å². The molecule has 0 fully saturated rings. The molecular formula is C9H11NO3S3. The van der Waals surface area contributed by atoms with Gasteiger partial charge in [0.2, 0.25) is 0 Å². The maximum absolute atomic E-state index is 10.9. The van der Waals surface area contributed by atoms with Gasteiger partial charge in [-0.2, -0.15) is 8.42 Å². The van der Waals surface area contributed by atoms with Crippen molar-refractivity contribution in [1.82, 2.24) is 4.98 Å². The quantitative estimate of drug-likeness (QED) is 0.446. The Labute approximate surface area is 105 Å². The summed E-state index contributed by atoms with van der Waals surface area (Å²) in [4.78, 5) is 4.88. The third kappa shape index (κ3) is 5.55. The summed E-state index contributed by atoms with van der Waals surface area (Å²) in [5.41, 5.74) is 0. The van der Waals surface area contributed by atoms with Crippen molar-refractivity contribution in [1.29, 1.82) is 0 Å². The first-order valence-electron chi connectivity index (χ1n) is 4.37. The Balaban J connectivity index is 2.50. The fraction of sp³-hybridized carbons (Fsp3) is 0.333. The second-order valence-electron chi connectivity index (χ2n) is 2.97. The van der Waals surface area contributed by atoms with E-state index in [-0.39, 0.29) is 0 Å². The molecule has 1 aromatic heterocycles. The highest BCUT2D eigenvalue weighted by molar-refractivity contribution is 7.99. The molecule has 4 nitrogen and oxygen atoms in total. The molecule has 1 heterocycles. The molecule has 1 aromatic rings. The second kappa shape index (κ2) is 6.29. The first kappa shape index (κ1) is 13.6. The van der Waals surface area contributed by atoms with E-state index in [0.29, 0.717) is 5.75 Å². The highest BCUT2D eigenvalue weighted by Gasteiger charge is 2.12. The molecule has 1 rings (SSSR count). The molecule has 0 aliphatic heterocycles. The Morgan fingerprint density at radius 3 is 2.69 bits per heavy atom.